The van der Waals surface area contributed by atoms with Gasteiger partial charge in [-0.2, -0.15) is 9.88 Å². The summed E-state index contributed by atoms with van der Waals surface area (Å²) in [6.07, 6.45) is -11.5. The largest absolute Gasteiger partial charge is 0.534 e. The molecule has 248 valence electrons. The highest BCUT2D eigenvalue weighted by molar-refractivity contribution is 7.47. The maximum Gasteiger partial charge on any atom is 0.534 e. The summed E-state index contributed by atoms with van der Waals surface area (Å²) in [4.78, 5) is 54.0. The van der Waals surface area contributed by atoms with Gasteiger partial charge < -0.3 is 35.7 Å². The van der Waals surface area contributed by atoms with E-state index in [4.69, 9.17) is 34.7 Å². The number of alkyl halides is 2. The molecule has 4 aromatic heterocycles. The zero-order valence-corrected chi connectivity index (χ0v) is 24.8. The molecule has 6 heterocycles. The number of ether oxygens (including phenoxy) is 3. The number of phosphoric acid groups is 1. The first-order valence-electron chi connectivity index (χ1n) is 13.1. The molecule has 0 saturated carbocycles. The fraction of sp³-hybridized carbons (Fsp3) is 0.524. The lowest BCUT2D eigenvalue weighted by molar-refractivity contribution is -0.0645. The summed E-state index contributed by atoms with van der Waals surface area (Å²) in [6.45, 7) is -1.76. The summed E-state index contributed by atoms with van der Waals surface area (Å²) >= 11 is 0. The first-order chi connectivity index (χ1) is 21.9. The third-order valence-corrected chi connectivity index (χ3v) is 8.49. The number of nitrogens with two attached hydrogens (primary N) is 2. The molecule has 46 heavy (non-hydrogen) atoms. The van der Waals surface area contributed by atoms with Crippen LogP contribution in [-0.2, 0) is 32.4 Å². The van der Waals surface area contributed by atoms with Gasteiger partial charge in [-0.05, 0) is 4.57 Å². The number of nitrogens with one attached hydrogen (secondary N) is 1. The highest BCUT2D eigenvalue weighted by Gasteiger charge is 2.52. The number of aliphatic hydroxyl groups excluding tert-OH is 1. The van der Waals surface area contributed by atoms with Crippen molar-refractivity contribution in [3.63, 3.8) is 0 Å². The average molecular weight is 693 g/mol. The number of nitrogens with zero attached hydrogens (tertiary/aromatic N) is 7. The SMILES string of the molecule is Nc1nc2c(ncn2[C@@H]2O[C@H](CO)C(F)C2OP(=O)(O)OC[C@H]2O[C@@H](n3cnc4c(N)ncnc43)C(F)[C@H]2OC[P+](=O)O)c(=O)[nH]1. The zero-order valence-electron chi connectivity index (χ0n) is 23.0. The molecule has 2 saturated heterocycles. The molecule has 25 heteroatoms. The molecule has 4 aromatic rings. The highest BCUT2D eigenvalue weighted by Crippen LogP contribution is 2.51. The van der Waals surface area contributed by atoms with Crippen LogP contribution in [0, 0.1) is 0 Å². The van der Waals surface area contributed by atoms with Crippen LogP contribution < -0.4 is 17.0 Å². The number of fused-ring (bicyclic) bond motifs is 2. The van der Waals surface area contributed by atoms with Crippen LogP contribution in [0.1, 0.15) is 12.5 Å². The third-order valence-electron chi connectivity index (χ3n) is 7.13. The van der Waals surface area contributed by atoms with E-state index in [2.05, 4.69) is 29.9 Å². The third kappa shape index (κ3) is 5.97. The number of H-pyrrole nitrogens is 1. The van der Waals surface area contributed by atoms with E-state index in [1.54, 1.807) is 0 Å². The number of aromatic nitrogens is 8. The molecular formula is C21H25F2N10O11P2+. The number of imidazole rings is 2. The van der Waals surface area contributed by atoms with Crippen molar-refractivity contribution in [2.45, 2.75) is 49.2 Å². The molecule has 0 radical (unpaired) electrons. The minimum absolute atomic E-state index is 0.000903. The Morgan fingerprint density at radius 1 is 1.02 bits per heavy atom. The fourth-order valence-electron chi connectivity index (χ4n) is 5.12. The minimum atomic E-state index is -5.27. The number of hydrogen-bond acceptors (Lipinski definition) is 16. The quantitative estimate of drug-likeness (QED) is 0.104. The molecule has 0 bridgehead atoms. The van der Waals surface area contributed by atoms with Gasteiger partial charge >= 0.3 is 15.9 Å². The molecule has 0 amide bonds. The van der Waals surface area contributed by atoms with Crippen LogP contribution in [0.4, 0.5) is 20.5 Å². The van der Waals surface area contributed by atoms with Crippen LogP contribution in [0.15, 0.2) is 23.8 Å². The zero-order chi connectivity index (χ0) is 32.9. The van der Waals surface area contributed by atoms with Crippen molar-refractivity contribution in [1.82, 2.24) is 39.0 Å². The van der Waals surface area contributed by atoms with Crippen molar-refractivity contribution >= 4 is 49.9 Å². The van der Waals surface area contributed by atoms with Crippen molar-refractivity contribution < 1.29 is 56.1 Å². The van der Waals surface area contributed by atoms with Gasteiger partial charge in [0.1, 0.15) is 36.3 Å². The van der Waals surface area contributed by atoms with Crippen molar-refractivity contribution in [1.29, 1.82) is 0 Å². The molecule has 6 rings (SSSR count). The molecule has 2 fully saturated rings. The molecular weight excluding hydrogens is 668 g/mol. The van der Waals surface area contributed by atoms with E-state index in [0.29, 0.717) is 0 Å². The Bertz CT molecular complexity index is 1880. The molecule has 0 aliphatic carbocycles. The standard InChI is InChI=1S/C21H24F2N10O11P2/c22-9-7(1-34)42-20(33-5-29-12-17(33)30-21(25)31-18(12)35)14(9)44-46(38,39)41-2-8-13(40-6-45(36)37)10(23)19(43-8)32-4-28-11-15(24)26-3-27-16(11)32/h3-5,7-10,13-14,19-20,34H,1-2,6H2,(H6-,24,25,26,27,30,31,35,36,37,38,39)/p+1/t7-,8-,9?,10?,13+,14?,19-,20-/m1/s1. The van der Waals surface area contributed by atoms with E-state index < -0.39 is 90.2 Å². The monoisotopic (exact) mass is 693 g/mol. The highest BCUT2D eigenvalue weighted by atomic mass is 31.2. The van der Waals surface area contributed by atoms with E-state index in [1.165, 1.54) is 0 Å². The number of hydrogen-bond donors (Lipinski definition) is 6. The maximum absolute atomic E-state index is 15.7. The number of anilines is 2. The molecule has 0 spiro atoms. The lowest BCUT2D eigenvalue weighted by Crippen LogP contribution is -2.35. The van der Waals surface area contributed by atoms with Gasteiger partial charge in [-0.15, -0.1) is 0 Å². The van der Waals surface area contributed by atoms with Crippen LogP contribution >= 0.6 is 15.9 Å². The lowest BCUT2D eigenvalue weighted by atomic mass is 10.1. The van der Waals surface area contributed by atoms with E-state index in [-0.39, 0.29) is 34.1 Å². The van der Waals surface area contributed by atoms with Crippen LogP contribution in [0.5, 0.6) is 0 Å². The van der Waals surface area contributed by atoms with Gasteiger partial charge in [-0.25, -0.2) is 33.3 Å². The first kappa shape index (κ1) is 32.3. The average Bonchev–Trinajstić information content (AvgIpc) is 3.76. The molecule has 8 N–H and O–H groups in total. The molecule has 10 atom stereocenters. The predicted octanol–water partition coefficient (Wildman–Crippen LogP) is -0.833. The maximum atomic E-state index is 15.7. The fourth-order valence-corrected chi connectivity index (χ4v) is 6.34. The second-order valence-electron chi connectivity index (χ2n) is 10.0. The van der Waals surface area contributed by atoms with Gasteiger partial charge in [-0.3, -0.25) is 28.0 Å². The number of rotatable bonds is 11. The van der Waals surface area contributed by atoms with Gasteiger partial charge in [0.15, 0.2) is 47.4 Å². The summed E-state index contributed by atoms with van der Waals surface area (Å²) in [7, 11) is -8.14. The van der Waals surface area contributed by atoms with Gasteiger partial charge in [0.2, 0.25) is 5.95 Å². The Kier molecular flexibility index (Phi) is 8.80. The number of aliphatic hydroxyl groups is 1. The van der Waals surface area contributed by atoms with Gasteiger partial charge in [0.05, 0.1) is 25.9 Å². The Labute approximate surface area is 254 Å². The Morgan fingerprint density at radius 3 is 2.43 bits per heavy atom. The Balaban J connectivity index is 1.22. The topological polar surface area (TPSA) is 300 Å². The molecule has 2 aliphatic heterocycles. The van der Waals surface area contributed by atoms with Gasteiger partial charge in [0, 0.05) is 0 Å². The van der Waals surface area contributed by atoms with Crippen molar-refractivity contribution in [2.24, 2.45) is 0 Å². The van der Waals surface area contributed by atoms with E-state index in [0.717, 1.165) is 28.1 Å². The van der Waals surface area contributed by atoms with Gasteiger partial charge in [0.25, 0.3) is 11.9 Å². The van der Waals surface area contributed by atoms with Gasteiger partial charge in [-0.1, -0.05) is 0 Å². The van der Waals surface area contributed by atoms with Crippen molar-refractivity contribution in [3.05, 3.63) is 29.3 Å². The normalized spacial score (nSPS) is 29.9. The number of nitrogen functional groups attached to an aromatic ring is 2. The van der Waals surface area contributed by atoms with E-state index >= 15 is 8.78 Å². The number of aromatic amines is 1. The lowest BCUT2D eigenvalue weighted by Gasteiger charge is -2.24. The summed E-state index contributed by atoms with van der Waals surface area (Å²) in [5, 5.41) is 9.62. The summed E-state index contributed by atoms with van der Waals surface area (Å²) in [5.41, 5.74) is 10.5. The Hall–Kier alpha value is -3.63. The number of halogens is 2. The van der Waals surface area contributed by atoms with Crippen molar-refractivity contribution in [2.75, 3.05) is 31.0 Å². The molecule has 0 aromatic carbocycles. The van der Waals surface area contributed by atoms with Crippen LogP contribution in [0.3, 0.4) is 0 Å². The second kappa shape index (κ2) is 12.5. The predicted molar refractivity (Wildman–Crippen MR) is 147 cm³/mol. The summed E-state index contributed by atoms with van der Waals surface area (Å²) < 4.78 is 84.3. The van der Waals surface area contributed by atoms with Crippen LogP contribution in [0.2, 0.25) is 0 Å². The smallest absolute Gasteiger partial charge is 0.394 e. The van der Waals surface area contributed by atoms with Crippen molar-refractivity contribution in [3.8, 4) is 0 Å². The molecule has 2 aliphatic rings. The summed E-state index contributed by atoms with van der Waals surface area (Å²) in [5.74, 6) is -0.316. The summed E-state index contributed by atoms with van der Waals surface area (Å²) in [6, 6.07) is 0. The van der Waals surface area contributed by atoms with E-state index in [9.17, 15) is 28.8 Å². The van der Waals surface area contributed by atoms with E-state index in [1.807, 2.05) is 0 Å². The Morgan fingerprint density at radius 2 is 1.72 bits per heavy atom. The second-order valence-corrected chi connectivity index (χ2v) is 12.4. The first-order valence-corrected chi connectivity index (χ1v) is 16.0. The molecule has 21 nitrogen and oxygen atoms in total. The van der Waals surface area contributed by atoms with Crippen LogP contribution in [0.25, 0.3) is 22.3 Å². The minimum Gasteiger partial charge on any atom is -0.394 e. The number of phosphoric ester groups is 1. The van der Waals surface area contributed by atoms with Crippen LogP contribution in [-0.4, -0.2) is 110 Å². The molecule has 5 unspecified atom stereocenters.